The summed E-state index contributed by atoms with van der Waals surface area (Å²) in [7, 11) is 1.44. The largest absolute Gasteiger partial charge is 0.496 e. The second kappa shape index (κ2) is 9.96. The van der Waals surface area contributed by atoms with E-state index in [1.54, 1.807) is 61.5 Å². The molecule has 0 aliphatic carbocycles. The summed E-state index contributed by atoms with van der Waals surface area (Å²) in [5.74, 6) is -1.44. The summed E-state index contributed by atoms with van der Waals surface area (Å²) < 4.78 is 15.1. The SMILES string of the molecule is CCOC(=O)CN(C(=O)COC(=O)c1ccccc1OC)c1ccccc1. The molecule has 2 aromatic carbocycles. The molecule has 7 nitrogen and oxygen atoms in total. The summed E-state index contributed by atoms with van der Waals surface area (Å²) in [5, 5.41) is 0. The van der Waals surface area contributed by atoms with Crippen molar-refractivity contribution in [2.24, 2.45) is 0 Å². The van der Waals surface area contributed by atoms with Gasteiger partial charge in [-0.15, -0.1) is 0 Å². The summed E-state index contributed by atoms with van der Waals surface area (Å²) in [6.07, 6.45) is 0. The maximum absolute atomic E-state index is 12.6. The summed E-state index contributed by atoms with van der Waals surface area (Å²) in [4.78, 5) is 37.9. The van der Waals surface area contributed by atoms with E-state index < -0.39 is 24.5 Å². The van der Waals surface area contributed by atoms with Gasteiger partial charge in [-0.25, -0.2) is 4.79 Å². The van der Waals surface area contributed by atoms with Gasteiger partial charge in [0.2, 0.25) is 0 Å². The molecule has 2 aromatic rings. The maximum atomic E-state index is 12.6. The predicted octanol–water partition coefficient (Wildman–Crippen LogP) is 2.45. The number of ether oxygens (including phenoxy) is 3. The monoisotopic (exact) mass is 371 g/mol. The molecule has 0 radical (unpaired) electrons. The Morgan fingerprint density at radius 2 is 1.59 bits per heavy atom. The van der Waals surface area contributed by atoms with Crippen molar-refractivity contribution in [2.75, 3.05) is 31.8 Å². The molecule has 0 atom stereocenters. The molecule has 1 amide bonds. The molecule has 0 saturated carbocycles. The van der Waals surface area contributed by atoms with E-state index in [4.69, 9.17) is 14.2 Å². The van der Waals surface area contributed by atoms with Crippen molar-refractivity contribution in [1.29, 1.82) is 0 Å². The number of anilines is 1. The number of benzene rings is 2. The highest BCUT2D eigenvalue weighted by Gasteiger charge is 2.22. The molecular formula is C20H21NO6. The van der Waals surface area contributed by atoms with Gasteiger partial charge in [0, 0.05) is 5.69 Å². The van der Waals surface area contributed by atoms with Crippen LogP contribution in [-0.4, -0.2) is 44.7 Å². The lowest BCUT2D eigenvalue weighted by atomic mass is 10.2. The van der Waals surface area contributed by atoms with E-state index >= 15 is 0 Å². The number of carbonyl (C=O) groups is 3. The van der Waals surface area contributed by atoms with Crippen molar-refractivity contribution in [3.05, 3.63) is 60.2 Å². The standard InChI is InChI=1S/C20H21NO6/c1-3-26-19(23)13-21(15-9-5-4-6-10-15)18(22)14-27-20(24)16-11-7-8-12-17(16)25-2/h4-12H,3,13-14H2,1-2H3. The van der Waals surface area contributed by atoms with Crippen LogP contribution in [0.25, 0.3) is 0 Å². The Bertz CT molecular complexity index is 790. The number of hydrogen-bond donors (Lipinski definition) is 0. The fourth-order valence-electron chi connectivity index (χ4n) is 2.36. The number of carbonyl (C=O) groups excluding carboxylic acids is 3. The number of amides is 1. The highest BCUT2D eigenvalue weighted by Crippen LogP contribution is 2.19. The van der Waals surface area contributed by atoms with Crippen molar-refractivity contribution in [3.8, 4) is 5.75 Å². The fraction of sp³-hybridized carbons (Fsp3) is 0.250. The quantitative estimate of drug-likeness (QED) is 0.663. The summed E-state index contributed by atoms with van der Waals surface area (Å²) in [5.41, 5.74) is 0.716. The van der Waals surface area contributed by atoms with E-state index in [0.29, 0.717) is 11.4 Å². The second-order valence-corrected chi connectivity index (χ2v) is 5.40. The van der Waals surface area contributed by atoms with Gasteiger partial charge in [0.05, 0.1) is 13.7 Å². The van der Waals surface area contributed by atoms with Crippen LogP contribution in [0, 0.1) is 0 Å². The predicted molar refractivity (Wildman–Crippen MR) is 98.7 cm³/mol. The number of hydrogen-bond acceptors (Lipinski definition) is 6. The third-order valence-electron chi connectivity index (χ3n) is 3.62. The Labute approximate surface area is 157 Å². The van der Waals surface area contributed by atoms with Crippen molar-refractivity contribution in [2.45, 2.75) is 6.92 Å². The maximum Gasteiger partial charge on any atom is 0.342 e. The third-order valence-corrected chi connectivity index (χ3v) is 3.62. The van der Waals surface area contributed by atoms with Gasteiger partial charge >= 0.3 is 11.9 Å². The fourth-order valence-corrected chi connectivity index (χ4v) is 2.36. The first-order valence-corrected chi connectivity index (χ1v) is 8.38. The van der Waals surface area contributed by atoms with Crippen molar-refractivity contribution < 1.29 is 28.6 Å². The van der Waals surface area contributed by atoms with E-state index in [0.717, 1.165) is 0 Å². The van der Waals surface area contributed by atoms with E-state index in [2.05, 4.69) is 0 Å². The first-order valence-electron chi connectivity index (χ1n) is 8.38. The van der Waals surface area contributed by atoms with Crippen LogP contribution in [0.2, 0.25) is 0 Å². The minimum absolute atomic E-state index is 0.207. The van der Waals surface area contributed by atoms with Gasteiger partial charge in [-0.2, -0.15) is 0 Å². The van der Waals surface area contributed by atoms with E-state index in [1.807, 2.05) is 0 Å². The lowest BCUT2D eigenvalue weighted by Gasteiger charge is -2.21. The average Bonchev–Trinajstić information content (AvgIpc) is 2.70. The van der Waals surface area contributed by atoms with Crippen LogP contribution in [0.3, 0.4) is 0 Å². The number of para-hydroxylation sites is 2. The Balaban J connectivity index is 2.09. The second-order valence-electron chi connectivity index (χ2n) is 5.40. The Morgan fingerprint density at radius 3 is 2.26 bits per heavy atom. The van der Waals surface area contributed by atoms with Crippen LogP contribution >= 0.6 is 0 Å². The van der Waals surface area contributed by atoms with Gasteiger partial charge in [0.25, 0.3) is 5.91 Å². The average molecular weight is 371 g/mol. The first-order chi connectivity index (χ1) is 13.1. The van der Waals surface area contributed by atoms with Crippen LogP contribution in [0.5, 0.6) is 5.75 Å². The molecule has 0 spiro atoms. The smallest absolute Gasteiger partial charge is 0.342 e. The van der Waals surface area contributed by atoms with Crippen LogP contribution < -0.4 is 9.64 Å². The van der Waals surface area contributed by atoms with Gasteiger partial charge in [-0.1, -0.05) is 30.3 Å². The van der Waals surface area contributed by atoms with Gasteiger partial charge in [-0.3, -0.25) is 14.5 Å². The molecule has 27 heavy (non-hydrogen) atoms. The Hall–Kier alpha value is -3.35. The van der Waals surface area contributed by atoms with E-state index in [-0.39, 0.29) is 18.7 Å². The van der Waals surface area contributed by atoms with Crippen LogP contribution in [0.15, 0.2) is 54.6 Å². The van der Waals surface area contributed by atoms with Gasteiger partial charge < -0.3 is 14.2 Å². The zero-order valence-electron chi connectivity index (χ0n) is 15.2. The molecule has 7 heteroatoms. The normalized spacial score (nSPS) is 10.0. The summed E-state index contributed by atoms with van der Waals surface area (Å²) in [6.45, 7) is 1.09. The van der Waals surface area contributed by atoms with Crippen LogP contribution in [0.1, 0.15) is 17.3 Å². The molecule has 142 valence electrons. The number of esters is 2. The first kappa shape index (κ1) is 20.0. The Kier molecular flexibility index (Phi) is 7.37. The van der Waals surface area contributed by atoms with E-state index in [1.165, 1.54) is 12.0 Å². The highest BCUT2D eigenvalue weighted by molar-refractivity contribution is 6.00. The van der Waals surface area contributed by atoms with Crippen LogP contribution in [-0.2, 0) is 19.1 Å². The third kappa shape index (κ3) is 5.57. The molecular weight excluding hydrogens is 350 g/mol. The van der Waals surface area contributed by atoms with Gasteiger partial charge in [0.1, 0.15) is 17.9 Å². The minimum atomic E-state index is -0.690. The molecule has 0 saturated heterocycles. The molecule has 0 aromatic heterocycles. The molecule has 0 aliphatic heterocycles. The molecule has 0 fully saturated rings. The summed E-state index contributed by atoms with van der Waals surface area (Å²) in [6, 6.07) is 15.2. The molecule has 0 unspecified atom stereocenters. The lowest BCUT2D eigenvalue weighted by molar-refractivity contribution is -0.142. The topological polar surface area (TPSA) is 82.1 Å². The van der Waals surface area contributed by atoms with Crippen molar-refractivity contribution in [1.82, 2.24) is 0 Å². The molecule has 0 bridgehead atoms. The summed E-state index contributed by atoms with van der Waals surface area (Å²) >= 11 is 0. The number of methoxy groups -OCH3 is 1. The van der Waals surface area contributed by atoms with E-state index in [9.17, 15) is 14.4 Å². The van der Waals surface area contributed by atoms with Crippen molar-refractivity contribution >= 4 is 23.5 Å². The lowest BCUT2D eigenvalue weighted by Crippen LogP contribution is -2.39. The Morgan fingerprint density at radius 1 is 0.926 bits per heavy atom. The molecule has 0 N–H and O–H groups in total. The van der Waals surface area contributed by atoms with Crippen LogP contribution in [0.4, 0.5) is 5.69 Å². The molecule has 0 aliphatic rings. The van der Waals surface area contributed by atoms with Crippen molar-refractivity contribution in [3.63, 3.8) is 0 Å². The van der Waals surface area contributed by atoms with Gasteiger partial charge in [-0.05, 0) is 31.2 Å². The molecule has 0 heterocycles. The van der Waals surface area contributed by atoms with Gasteiger partial charge in [0.15, 0.2) is 6.61 Å². The number of nitrogens with zero attached hydrogens (tertiary/aromatic N) is 1. The molecule has 2 rings (SSSR count). The zero-order chi connectivity index (χ0) is 19.6. The minimum Gasteiger partial charge on any atom is -0.496 e. The zero-order valence-corrected chi connectivity index (χ0v) is 15.2. The highest BCUT2D eigenvalue weighted by atomic mass is 16.5. The number of rotatable bonds is 8.